The minimum absolute atomic E-state index is 0.0377. The van der Waals surface area contributed by atoms with E-state index in [1.165, 1.54) is 24.9 Å². The van der Waals surface area contributed by atoms with E-state index < -0.39 is 0 Å². The minimum atomic E-state index is -0.325. The Labute approximate surface area is 158 Å². The number of aromatic nitrogens is 4. The van der Waals surface area contributed by atoms with Gasteiger partial charge in [0.25, 0.3) is 5.91 Å². The maximum atomic E-state index is 11.9. The Kier molecular flexibility index (Phi) is 5.77. The largest absolute Gasteiger partial charge is 0.376 e. The molecule has 3 rings (SSSR count). The van der Waals surface area contributed by atoms with Gasteiger partial charge in [-0.25, -0.2) is 15.1 Å². The SMILES string of the molecule is O=C(CNc1cccc(-n2cncn2)c1)NN=Cc1c(Cl)cncc1Cl. The number of nitrogens with one attached hydrogen (secondary N) is 2. The zero-order valence-corrected chi connectivity index (χ0v) is 14.8. The summed E-state index contributed by atoms with van der Waals surface area (Å²) in [7, 11) is 0. The molecular formula is C16H13Cl2N7O. The Hall–Kier alpha value is -2.97. The van der Waals surface area contributed by atoms with E-state index in [2.05, 4.69) is 30.9 Å². The van der Waals surface area contributed by atoms with Crippen LogP contribution in [0.1, 0.15) is 5.56 Å². The first kappa shape index (κ1) is 17.8. The quantitative estimate of drug-likeness (QED) is 0.498. The third-order valence-electron chi connectivity index (χ3n) is 3.26. The molecule has 3 aromatic rings. The maximum Gasteiger partial charge on any atom is 0.259 e. The molecule has 0 bridgehead atoms. The minimum Gasteiger partial charge on any atom is -0.376 e. The summed E-state index contributed by atoms with van der Waals surface area (Å²) in [5, 5.41) is 11.6. The van der Waals surface area contributed by atoms with Crippen LogP contribution >= 0.6 is 23.2 Å². The van der Waals surface area contributed by atoms with E-state index >= 15 is 0 Å². The molecule has 0 spiro atoms. The lowest BCUT2D eigenvalue weighted by molar-refractivity contribution is -0.119. The predicted molar refractivity (Wildman–Crippen MR) is 99.8 cm³/mol. The second-order valence-electron chi connectivity index (χ2n) is 5.05. The van der Waals surface area contributed by atoms with E-state index in [9.17, 15) is 4.79 Å². The average Bonchev–Trinajstić information content (AvgIpc) is 3.17. The lowest BCUT2D eigenvalue weighted by Gasteiger charge is -2.07. The van der Waals surface area contributed by atoms with Gasteiger partial charge >= 0.3 is 0 Å². The smallest absolute Gasteiger partial charge is 0.259 e. The number of amides is 1. The van der Waals surface area contributed by atoms with E-state index in [4.69, 9.17) is 23.2 Å². The van der Waals surface area contributed by atoms with E-state index in [0.717, 1.165) is 11.4 Å². The number of pyridine rings is 1. The van der Waals surface area contributed by atoms with Gasteiger partial charge in [0.1, 0.15) is 12.7 Å². The van der Waals surface area contributed by atoms with Gasteiger partial charge in [0.05, 0.1) is 28.5 Å². The van der Waals surface area contributed by atoms with Crippen molar-refractivity contribution >= 4 is 41.0 Å². The van der Waals surface area contributed by atoms with Crippen LogP contribution in [0.4, 0.5) is 5.69 Å². The Morgan fingerprint density at radius 2 is 2.04 bits per heavy atom. The molecule has 10 heteroatoms. The summed E-state index contributed by atoms with van der Waals surface area (Å²) in [6, 6.07) is 7.42. The van der Waals surface area contributed by atoms with Crippen molar-refractivity contribution in [1.82, 2.24) is 25.2 Å². The van der Waals surface area contributed by atoms with Crippen LogP contribution in [0, 0.1) is 0 Å². The Balaban J connectivity index is 1.55. The second kappa shape index (κ2) is 8.41. The Morgan fingerprint density at radius 3 is 2.77 bits per heavy atom. The first-order valence-electron chi connectivity index (χ1n) is 7.43. The summed E-state index contributed by atoms with van der Waals surface area (Å²) in [5.74, 6) is -0.325. The van der Waals surface area contributed by atoms with E-state index in [-0.39, 0.29) is 12.5 Å². The van der Waals surface area contributed by atoms with Crippen molar-refractivity contribution in [3.8, 4) is 5.69 Å². The molecule has 0 aliphatic carbocycles. The maximum absolute atomic E-state index is 11.9. The van der Waals surface area contributed by atoms with Crippen molar-refractivity contribution in [2.24, 2.45) is 5.10 Å². The number of anilines is 1. The molecule has 0 aliphatic rings. The van der Waals surface area contributed by atoms with Crippen molar-refractivity contribution in [3.63, 3.8) is 0 Å². The molecule has 0 radical (unpaired) electrons. The molecule has 1 aromatic carbocycles. The molecular weight excluding hydrogens is 377 g/mol. The molecule has 0 saturated heterocycles. The number of halogens is 2. The third kappa shape index (κ3) is 4.56. The molecule has 0 unspecified atom stereocenters. The van der Waals surface area contributed by atoms with Crippen LogP contribution in [0.5, 0.6) is 0 Å². The van der Waals surface area contributed by atoms with Crippen molar-refractivity contribution in [1.29, 1.82) is 0 Å². The Morgan fingerprint density at radius 1 is 1.23 bits per heavy atom. The highest BCUT2D eigenvalue weighted by Gasteiger charge is 2.04. The zero-order chi connectivity index (χ0) is 18.4. The predicted octanol–water partition coefficient (Wildman–Crippen LogP) is 2.53. The van der Waals surface area contributed by atoms with E-state index in [1.54, 1.807) is 11.0 Å². The number of carbonyl (C=O) groups is 1. The standard InChI is InChI=1S/C16H13Cl2N7O/c17-14-6-19-7-15(18)13(14)5-22-24-16(26)8-21-11-2-1-3-12(4-11)25-10-20-9-23-25/h1-7,9-10,21H,8H2,(H,24,26). The molecule has 2 N–H and O–H groups in total. The van der Waals surface area contributed by atoms with Crippen LogP contribution in [-0.4, -0.2) is 38.4 Å². The summed E-state index contributed by atoms with van der Waals surface area (Å²) < 4.78 is 1.62. The number of nitrogens with zero attached hydrogens (tertiary/aromatic N) is 5. The number of carbonyl (C=O) groups excluding carboxylic acids is 1. The van der Waals surface area contributed by atoms with Crippen LogP contribution in [0.25, 0.3) is 5.69 Å². The van der Waals surface area contributed by atoms with Crippen LogP contribution in [-0.2, 0) is 4.79 Å². The van der Waals surface area contributed by atoms with Gasteiger partial charge in [0.15, 0.2) is 0 Å². The lowest BCUT2D eigenvalue weighted by atomic mass is 10.3. The Bertz CT molecular complexity index is 908. The topological polar surface area (TPSA) is 97.1 Å². The summed E-state index contributed by atoms with van der Waals surface area (Å²) >= 11 is 11.9. The van der Waals surface area contributed by atoms with Gasteiger partial charge in [-0.2, -0.15) is 10.2 Å². The van der Waals surface area contributed by atoms with Crippen molar-refractivity contribution in [2.75, 3.05) is 11.9 Å². The molecule has 26 heavy (non-hydrogen) atoms. The molecule has 0 saturated carbocycles. The first-order chi connectivity index (χ1) is 12.6. The summed E-state index contributed by atoms with van der Waals surface area (Å²) in [4.78, 5) is 19.6. The monoisotopic (exact) mass is 389 g/mol. The highest BCUT2D eigenvalue weighted by molar-refractivity contribution is 6.38. The van der Waals surface area contributed by atoms with Crippen LogP contribution in [0.15, 0.2) is 54.4 Å². The van der Waals surface area contributed by atoms with Gasteiger partial charge in [-0.15, -0.1) is 0 Å². The second-order valence-corrected chi connectivity index (χ2v) is 5.87. The van der Waals surface area contributed by atoms with Gasteiger partial charge in [0.2, 0.25) is 0 Å². The molecule has 0 atom stereocenters. The molecule has 1 amide bonds. The average molecular weight is 390 g/mol. The number of rotatable bonds is 6. The number of hydrazone groups is 1. The highest BCUT2D eigenvalue weighted by Crippen LogP contribution is 2.20. The fourth-order valence-electron chi connectivity index (χ4n) is 2.04. The number of hydrogen-bond acceptors (Lipinski definition) is 6. The number of hydrogen-bond donors (Lipinski definition) is 2. The molecule has 2 heterocycles. The lowest BCUT2D eigenvalue weighted by Crippen LogP contribution is -2.25. The van der Waals surface area contributed by atoms with Gasteiger partial charge in [-0.05, 0) is 18.2 Å². The van der Waals surface area contributed by atoms with Crippen molar-refractivity contribution < 1.29 is 4.79 Å². The molecule has 0 fully saturated rings. The molecule has 8 nitrogen and oxygen atoms in total. The van der Waals surface area contributed by atoms with E-state index in [1.807, 2.05) is 24.3 Å². The van der Waals surface area contributed by atoms with Crippen molar-refractivity contribution in [3.05, 3.63) is 64.9 Å². The molecule has 2 aromatic heterocycles. The molecule has 132 valence electrons. The summed E-state index contributed by atoms with van der Waals surface area (Å²) in [5.41, 5.74) is 4.47. The highest BCUT2D eigenvalue weighted by atomic mass is 35.5. The number of benzene rings is 1. The normalized spacial score (nSPS) is 10.8. The van der Waals surface area contributed by atoms with Crippen molar-refractivity contribution in [2.45, 2.75) is 0 Å². The fourth-order valence-corrected chi connectivity index (χ4v) is 2.50. The van der Waals surface area contributed by atoms with Crippen LogP contribution in [0.2, 0.25) is 10.0 Å². The summed E-state index contributed by atoms with van der Waals surface area (Å²) in [6.07, 6.45) is 7.30. The van der Waals surface area contributed by atoms with Gasteiger partial charge in [-0.1, -0.05) is 29.3 Å². The van der Waals surface area contributed by atoms with Crippen LogP contribution in [0.3, 0.4) is 0 Å². The zero-order valence-electron chi connectivity index (χ0n) is 13.3. The summed E-state index contributed by atoms with van der Waals surface area (Å²) in [6.45, 7) is 0.0377. The van der Waals surface area contributed by atoms with Gasteiger partial charge in [0, 0.05) is 23.6 Å². The van der Waals surface area contributed by atoms with Gasteiger partial charge < -0.3 is 5.32 Å². The first-order valence-corrected chi connectivity index (χ1v) is 8.19. The fraction of sp³-hybridized carbons (Fsp3) is 0.0625. The van der Waals surface area contributed by atoms with E-state index in [0.29, 0.717) is 15.6 Å². The van der Waals surface area contributed by atoms with Gasteiger partial charge in [-0.3, -0.25) is 9.78 Å². The van der Waals surface area contributed by atoms with Crippen LogP contribution < -0.4 is 10.7 Å². The molecule has 0 aliphatic heterocycles. The third-order valence-corrected chi connectivity index (χ3v) is 3.86.